The third-order valence-electron chi connectivity index (χ3n) is 5.64. The van der Waals surface area contributed by atoms with Crippen molar-refractivity contribution in [2.45, 2.75) is 52.5 Å². The van der Waals surface area contributed by atoms with Crippen LogP contribution in [0.2, 0.25) is 0 Å². The molecule has 0 aromatic rings. The molecule has 2 N–H and O–H groups in total. The highest BCUT2D eigenvalue weighted by molar-refractivity contribution is 7.85. The number of Topliss-reactive ketones (excluding diaryl/α,β-unsaturated/α-hetero) is 1. The first-order valence-electron chi connectivity index (χ1n) is 7.30. The average molecular weight is 303 g/mol. The summed E-state index contributed by atoms with van der Waals surface area (Å²) in [7, 11) is -4.08. The van der Waals surface area contributed by atoms with Crippen LogP contribution < -0.4 is 5.32 Å². The predicted molar refractivity (Wildman–Crippen MR) is 77.1 cm³/mol. The second-order valence-corrected chi connectivity index (χ2v) is 8.49. The van der Waals surface area contributed by atoms with Gasteiger partial charge in [0.05, 0.1) is 11.2 Å². The summed E-state index contributed by atoms with van der Waals surface area (Å²) in [4.78, 5) is 11.9. The Morgan fingerprint density at radius 3 is 2.15 bits per heavy atom. The third kappa shape index (κ3) is 2.65. The molecule has 3 fully saturated rings. The van der Waals surface area contributed by atoms with Crippen LogP contribution in [0.4, 0.5) is 0 Å². The average Bonchev–Trinajstić information content (AvgIpc) is 2.58. The topological polar surface area (TPSA) is 83.5 Å². The van der Waals surface area contributed by atoms with Crippen LogP contribution in [0, 0.1) is 16.7 Å². The maximum absolute atomic E-state index is 11.9. The van der Waals surface area contributed by atoms with Crippen molar-refractivity contribution in [3.8, 4) is 0 Å². The fraction of sp³-hybridized carbons (Fsp3) is 0.929. The number of fused-ring (bicyclic) bond motifs is 2. The van der Waals surface area contributed by atoms with Crippen molar-refractivity contribution in [1.82, 2.24) is 5.32 Å². The summed E-state index contributed by atoms with van der Waals surface area (Å²) in [5, 5.41) is 3.21. The van der Waals surface area contributed by atoms with Crippen LogP contribution in [-0.4, -0.2) is 37.1 Å². The van der Waals surface area contributed by atoms with Crippen LogP contribution in [0.5, 0.6) is 0 Å². The first-order chi connectivity index (χ1) is 9.08. The summed E-state index contributed by atoms with van der Waals surface area (Å²) >= 11 is 0. The van der Waals surface area contributed by atoms with E-state index in [1.807, 2.05) is 13.8 Å². The van der Waals surface area contributed by atoms with Crippen molar-refractivity contribution in [1.29, 1.82) is 0 Å². The van der Waals surface area contributed by atoms with E-state index in [4.69, 9.17) is 4.55 Å². The van der Waals surface area contributed by atoms with Crippen LogP contribution in [-0.2, 0) is 14.9 Å². The van der Waals surface area contributed by atoms with E-state index < -0.39 is 21.3 Å². The maximum atomic E-state index is 11.9. The summed E-state index contributed by atoms with van der Waals surface area (Å²) in [6.07, 6.45) is 3.35. The molecule has 0 aromatic carbocycles. The second-order valence-electron chi connectivity index (χ2n) is 7.04. The zero-order valence-electron chi connectivity index (χ0n) is 12.5. The smallest absolute Gasteiger partial charge is 0.265 e. The molecular weight excluding hydrogens is 278 g/mol. The van der Waals surface area contributed by atoms with E-state index in [2.05, 4.69) is 12.2 Å². The SMILES string of the molecule is CC1(C)C2CC[C@]1(CS(=O)(=O)O)C(=O)C2.C[C@H]1CCN1. The van der Waals surface area contributed by atoms with Gasteiger partial charge in [0.25, 0.3) is 10.1 Å². The minimum Gasteiger partial charge on any atom is -0.314 e. The number of rotatable bonds is 2. The van der Waals surface area contributed by atoms with E-state index in [1.165, 1.54) is 13.0 Å². The molecule has 116 valence electrons. The largest absolute Gasteiger partial charge is 0.314 e. The molecule has 0 spiro atoms. The summed E-state index contributed by atoms with van der Waals surface area (Å²) in [6.45, 7) is 7.33. The van der Waals surface area contributed by atoms with Gasteiger partial charge in [-0.25, -0.2) is 0 Å². The lowest BCUT2D eigenvalue weighted by atomic mass is 9.70. The van der Waals surface area contributed by atoms with Crippen molar-refractivity contribution >= 4 is 15.9 Å². The Bertz CT molecular complexity index is 495. The number of ketones is 1. The van der Waals surface area contributed by atoms with Gasteiger partial charge in [-0.3, -0.25) is 9.35 Å². The molecule has 6 heteroatoms. The van der Waals surface area contributed by atoms with Crippen LogP contribution in [0.3, 0.4) is 0 Å². The molecule has 20 heavy (non-hydrogen) atoms. The zero-order chi connectivity index (χ0) is 15.2. The molecule has 2 saturated carbocycles. The van der Waals surface area contributed by atoms with Gasteiger partial charge < -0.3 is 5.32 Å². The Morgan fingerprint density at radius 1 is 1.35 bits per heavy atom. The first kappa shape index (κ1) is 15.9. The number of hydrogen-bond donors (Lipinski definition) is 2. The fourth-order valence-electron chi connectivity index (χ4n) is 3.85. The molecular formula is C14H25NO4S. The van der Waals surface area contributed by atoms with Crippen LogP contribution in [0.25, 0.3) is 0 Å². The summed E-state index contributed by atoms with van der Waals surface area (Å²) in [5.74, 6) is -0.101. The van der Waals surface area contributed by atoms with Gasteiger partial charge in [0.2, 0.25) is 0 Å². The van der Waals surface area contributed by atoms with E-state index in [-0.39, 0.29) is 17.1 Å². The van der Waals surface area contributed by atoms with E-state index in [0.29, 0.717) is 12.8 Å². The van der Waals surface area contributed by atoms with Gasteiger partial charge in [-0.05, 0) is 44.1 Å². The fourth-order valence-corrected chi connectivity index (χ4v) is 5.15. The highest BCUT2D eigenvalue weighted by Crippen LogP contribution is 2.64. The lowest BCUT2D eigenvalue weighted by Crippen LogP contribution is -2.42. The summed E-state index contributed by atoms with van der Waals surface area (Å²) in [6, 6.07) is 0.815. The van der Waals surface area contributed by atoms with Crippen LogP contribution in [0.1, 0.15) is 46.5 Å². The number of nitrogens with one attached hydrogen (secondary N) is 1. The Morgan fingerprint density at radius 2 is 1.90 bits per heavy atom. The Hall–Kier alpha value is -0.460. The highest BCUT2D eigenvalue weighted by atomic mass is 32.2. The number of hydrogen-bond acceptors (Lipinski definition) is 4. The molecule has 0 aromatic heterocycles. The highest BCUT2D eigenvalue weighted by Gasteiger charge is 2.65. The molecule has 3 aliphatic rings. The summed E-state index contributed by atoms with van der Waals surface area (Å²) in [5.41, 5.74) is -1.12. The lowest BCUT2D eigenvalue weighted by Gasteiger charge is -2.35. The molecule has 1 aliphatic heterocycles. The first-order valence-corrected chi connectivity index (χ1v) is 8.91. The monoisotopic (exact) mass is 303 g/mol. The van der Waals surface area contributed by atoms with Gasteiger partial charge in [0.15, 0.2) is 0 Å². The molecule has 2 aliphatic carbocycles. The quantitative estimate of drug-likeness (QED) is 0.758. The van der Waals surface area contributed by atoms with E-state index >= 15 is 0 Å². The minimum absolute atomic E-state index is 0.0152. The molecule has 1 heterocycles. The van der Waals surface area contributed by atoms with E-state index in [0.717, 1.165) is 12.5 Å². The van der Waals surface area contributed by atoms with Crippen molar-refractivity contribution in [3.63, 3.8) is 0 Å². The van der Waals surface area contributed by atoms with Crippen LogP contribution in [0.15, 0.2) is 0 Å². The Balaban J connectivity index is 0.000000247. The maximum Gasteiger partial charge on any atom is 0.265 e. The molecule has 3 rings (SSSR count). The molecule has 5 nitrogen and oxygen atoms in total. The molecule has 0 radical (unpaired) electrons. The lowest BCUT2D eigenvalue weighted by molar-refractivity contribution is -0.128. The molecule has 0 amide bonds. The number of carbonyl (C=O) groups excluding carboxylic acids is 1. The Kier molecular flexibility index (Phi) is 4.04. The molecule has 2 bridgehead atoms. The second kappa shape index (κ2) is 5.07. The van der Waals surface area contributed by atoms with E-state index in [9.17, 15) is 13.2 Å². The van der Waals surface area contributed by atoms with Crippen LogP contribution >= 0.6 is 0 Å². The Labute approximate surface area is 121 Å². The third-order valence-corrected chi connectivity index (χ3v) is 6.50. The number of carbonyl (C=O) groups is 1. The minimum atomic E-state index is -4.08. The van der Waals surface area contributed by atoms with Gasteiger partial charge in [-0.15, -0.1) is 0 Å². The van der Waals surface area contributed by atoms with Gasteiger partial charge in [-0.1, -0.05) is 13.8 Å². The molecule has 1 saturated heterocycles. The van der Waals surface area contributed by atoms with Crippen molar-refractivity contribution in [2.75, 3.05) is 12.3 Å². The summed E-state index contributed by atoms with van der Waals surface area (Å²) < 4.78 is 31.0. The standard InChI is InChI=1S/C10H16O4S.C4H9N/c1-9(2)7-3-4-10(9,8(11)5-7)6-15(12,13)14;1-4-2-3-5-4/h7H,3-6H2,1-2H3,(H,12,13,14);4-5H,2-3H2,1H3/t7?,10-;4-/m00/s1. The van der Waals surface area contributed by atoms with Crippen molar-refractivity contribution in [3.05, 3.63) is 0 Å². The van der Waals surface area contributed by atoms with Gasteiger partial charge >= 0.3 is 0 Å². The van der Waals surface area contributed by atoms with Gasteiger partial charge in [0.1, 0.15) is 5.78 Å². The zero-order valence-corrected chi connectivity index (χ0v) is 13.3. The predicted octanol–water partition coefficient (Wildman–Crippen LogP) is 1.64. The van der Waals surface area contributed by atoms with Crippen molar-refractivity contribution < 1.29 is 17.8 Å². The van der Waals surface area contributed by atoms with Gasteiger partial charge in [-0.2, -0.15) is 8.42 Å². The van der Waals surface area contributed by atoms with Gasteiger partial charge in [0, 0.05) is 12.5 Å². The van der Waals surface area contributed by atoms with Crippen molar-refractivity contribution in [2.24, 2.45) is 16.7 Å². The normalized spacial score (nSPS) is 38.1. The molecule has 3 atom stereocenters. The van der Waals surface area contributed by atoms with E-state index in [1.54, 1.807) is 0 Å². The molecule has 1 unspecified atom stereocenters.